The monoisotopic (exact) mass is 130 g/mol. The number of nitrogens with two attached hydrogens (primary N) is 2. The summed E-state index contributed by atoms with van der Waals surface area (Å²) in [6, 6.07) is 0. The summed E-state index contributed by atoms with van der Waals surface area (Å²) in [4.78, 5) is 0. The summed E-state index contributed by atoms with van der Waals surface area (Å²) in [5.74, 6) is 0.667. The van der Waals surface area contributed by atoms with Crippen LogP contribution in [0.15, 0.2) is 0 Å². The molecule has 9 heavy (non-hydrogen) atoms. The van der Waals surface area contributed by atoms with Gasteiger partial charge in [0.25, 0.3) is 0 Å². The second kappa shape index (κ2) is 6.05. The standard InChI is InChI=1S/C7H18N2/c1-2-3-7(6-9)4-5-8/h7H,2-6,8-9H2,1H3/t7-/m0/s1. The largest absolute Gasteiger partial charge is 0.330 e. The smallest absolute Gasteiger partial charge is 0.00484 e. The Morgan fingerprint density at radius 3 is 2.22 bits per heavy atom. The van der Waals surface area contributed by atoms with Gasteiger partial charge in [-0.15, -0.1) is 0 Å². The van der Waals surface area contributed by atoms with Gasteiger partial charge >= 0.3 is 0 Å². The molecule has 0 aliphatic carbocycles. The summed E-state index contributed by atoms with van der Waals surface area (Å²) in [6.45, 7) is 3.76. The summed E-state index contributed by atoms with van der Waals surface area (Å²) in [7, 11) is 0. The molecule has 0 rings (SSSR count). The molecule has 1 atom stereocenters. The van der Waals surface area contributed by atoms with Gasteiger partial charge in [0, 0.05) is 0 Å². The van der Waals surface area contributed by atoms with E-state index in [9.17, 15) is 0 Å². The first-order chi connectivity index (χ1) is 4.35. The average Bonchev–Trinajstić information content (AvgIpc) is 1.88. The molecule has 0 saturated carbocycles. The van der Waals surface area contributed by atoms with Crippen molar-refractivity contribution in [1.82, 2.24) is 0 Å². The molecule has 0 amide bonds. The van der Waals surface area contributed by atoms with Crippen LogP contribution in [0.3, 0.4) is 0 Å². The molecular weight excluding hydrogens is 112 g/mol. The van der Waals surface area contributed by atoms with Crippen molar-refractivity contribution in [2.45, 2.75) is 26.2 Å². The highest BCUT2D eigenvalue weighted by Crippen LogP contribution is 2.07. The molecule has 0 unspecified atom stereocenters. The minimum absolute atomic E-state index is 0.667. The Kier molecular flexibility index (Phi) is 5.99. The summed E-state index contributed by atoms with van der Waals surface area (Å²) >= 11 is 0. The van der Waals surface area contributed by atoms with Crippen molar-refractivity contribution in [2.24, 2.45) is 17.4 Å². The van der Waals surface area contributed by atoms with Crippen LogP contribution in [0.1, 0.15) is 26.2 Å². The maximum absolute atomic E-state index is 5.49. The zero-order valence-electron chi connectivity index (χ0n) is 6.27. The lowest BCUT2D eigenvalue weighted by atomic mass is 10.0. The molecule has 4 N–H and O–H groups in total. The van der Waals surface area contributed by atoms with Crippen LogP contribution in [0.25, 0.3) is 0 Å². The van der Waals surface area contributed by atoms with E-state index in [0.29, 0.717) is 5.92 Å². The number of hydrogen-bond acceptors (Lipinski definition) is 2. The molecule has 56 valence electrons. The molecular formula is C7H18N2. The van der Waals surface area contributed by atoms with Gasteiger partial charge in [0.15, 0.2) is 0 Å². The van der Waals surface area contributed by atoms with Gasteiger partial charge in [-0.2, -0.15) is 0 Å². The van der Waals surface area contributed by atoms with E-state index in [0.717, 1.165) is 19.5 Å². The lowest BCUT2D eigenvalue weighted by Crippen LogP contribution is -2.17. The fraction of sp³-hybridized carbons (Fsp3) is 1.00. The molecule has 0 aliphatic rings. The fourth-order valence-corrected chi connectivity index (χ4v) is 1.02. The molecule has 0 spiro atoms. The van der Waals surface area contributed by atoms with Crippen molar-refractivity contribution in [2.75, 3.05) is 13.1 Å². The predicted octanol–water partition coefficient (Wildman–Crippen LogP) is 0.710. The van der Waals surface area contributed by atoms with Gasteiger partial charge in [-0.25, -0.2) is 0 Å². The van der Waals surface area contributed by atoms with Crippen molar-refractivity contribution < 1.29 is 0 Å². The van der Waals surface area contributed by atoms with E-state index < -0.39 is 0 Å². The minimum Gasteiger partial charge on any atom is -0.330 e. The summed E-state index contributed by atoms with van der Waals surface area (Å²) in [6.07, 6.45) is 3.54. The van der Waals surface area contributed by atoms with E-state index >= 15 is 0 Å². The van der Waals surface area contributed by atoms with Crippen molar-refractivity contribution in [1.29, 1.82) is 0 Å². The highest BCUT2D eigenvalue weighted by atomic mass is 14.6. The molecule has 0 aliphatic heterocycles. The topological polar surface area (TPSA) is 52.0 Å². The van der Waals surface area contributed by atoms with Crippen LogP contribution < -0.4 is 11.5 Å². The summed E-state index contributed by atoms with van der Waals surface area (Å²) < 4.78 is 0. The molecule has 0 heterocycles. The second-order valence-electron chi connectivity index (χ2n) is 2.47. The molecule has 0 aromatic carbocycles. The lowest BCUT2D eigenvalue weighted by Gasteiger charge is -2.10. The van der Waals surface area contributed by atoms with Crippen molar-refractivity contribution in [3.05, 3.63) is 0 Å². The van der Waals surface area contributed by atoms with Crippen molar-refractivity contribution in [3.63, 3.8) is 0 Å². The van der Waals surface area contributed by atoms with Crippen molar-refractivity contribution in [3.8, 4) is 0 Å². The van der Waals surface area contributed by atoms with Gasteiger partial charge in [-0.3, -0.25) is 0 Å². The van der Waals surface area contributed by atoms with Crippen LogP contribution in [0.5, 0.6) is 0 Å². The maximum Gasteiger partial charge on any atom is -0.00484 e. The van der Waals surface area contributed by atoms with Crippen LogP contribution in [0.4, 0.5) is 0 Å². The number of rotatable bonds is 5. The Balaban J connectivity index is 3.18. The van der Waals surface area contributed by atoms with E-state index in [1.54, 1.807) is 0 Å². The molecule has 0 bridgehead atoms. The van der Waals surface area contributed by atoms with Crippen LogP contribution in [-0.2, 0) is 0 Å². The molecule has 0 aromatic rings. The summed E-state index contributed by atoms with van der Waals surface area (Å²) in [5.41, 5.74) is 10.9. The highest BCUT2D eigenvalue weighted by molar-refractivity contribution is 4.58. The normalized spacial score (nSPS) is 13.7. The third-order valence-corrected chi connectivity index (χ3v) is 1.61. The minimum atomic E-state index is 0.667. The van der Waals surface area contributed by atoms with Gasteiger partial charge in [0.2, 0.25) is 0 Å². The first-order valence-electron chi connectivity index (χ1n) is 3.75. The molecule has 2 nitrogen and oxygen atoms in total. The third kappa shape index (κ3) is 4.43. The van der Waals surface area contributed by atoms with Gasteiger partial charge in [0.05, 0.1) is 0 Å². The van der Waals surface area contributed by atoms with E-state index in [1.807, 2.05) is 0 Å². The van der Waals surface area contributed by atoms with Crippen LogP contribution in [0, 0.1) is 5.92 Å². The van der Waals surface area contributed by atoms with E-state index in [1.165, 1.54) is 12.8 Å². The average molecular weight is 130 g/mol. The highest BCUT2D eigenvalue weighted by Gasteiger charge is 2.01. The third-order valence-electron chi connectivity index (χ3n) is 1.61. The van der Waals surface area contributed by atoms with Crippen LogP contribution >= 0.6 is 0 Å². The summed E-state index contributed by atoms with van der Waals surface area (Å²) in [5, 5.41) is 0. The van der Waals surface area contributed by atoms with E-state index in [2.05, 4.69) is 6.92 Å². The van der Waals surface area contributed by atoms with Crippen LogP contribution in [-0.4, -0.2) is 13.1 Å². The maximum atomic E-state index is 5.49. The van der Waals surface area contributed by atoms with E-state index in [4.69, 9.17) is 11.5 Å². The van der Waals surface area contributed by atoms with Gasteiger partial charge in [0.1, 0.15) is 0 Å². The SMILES string of the molecule is CCC[C@H](CN)CCN. The molecule has 2 heteroatoms. The Bertz CT molecular complexity index is 48.9. The van der Waals surface area contributed by atoms with Gasteiger partial charge in [-0.05, 0) is 31.8 Å². The first kappa shape index (κ1) is 8.92. The number of hydrogen-bond donors (Lipinski definition) is 2. The zero-order valence-corrected chi connectivity index (χ0v) is 6.27. The second-order valence-corrected chi connectivity index (χ2v) is 2.47. The van der Waals surface area contributed by atoms with E-state index in [-0.39, 0.29) is 0 Å². The Morgan fingerprint density at radius 2 is 1.89 bits per heavy atom. The van der Waals surface area contributed by atoms with Gasteiger partial charge < -0.3 is 11.5 Å². The lowest BCUT2D eigenvalue weighted by molar-refractivity contribution is 0.462. The Labute approximate surface area is 57.6 Å². The molecule has 0 fully saturated rings. The quantitative estimate of drug-likeness (QED) is 0.576. The van der Waals surface area contributed by atoms with Crippen molar-refractivity contribution >= 4 is 0 Å². The van der Waals surface area contributed by atoms with Crippen LogP contribution in [0.2, 0.25) is 0 Å². The molecule has 0 radical (unpaired) electrons. The molecule has 0 saturated heterocycles. The first-order valence-corrected chi connectivity index (χ1v) is 3.75. The van der Waals surface area contributed by atoms with Gasteiger partial charge in [-0.1, -0.05) is 13.3 Å². The Hall–Kier alpha value is -0.0800. The Morgan fingerprint density at radius 1 is 1.22 bits per heavy atom. The fourth-order valence-electron chi connectivity index (χ4n) is 1.02. The molecule has 0 aromatic heterocycles. The predicted molar refractivity (Wildman–Crippen MR) is 41.1 cm³/mol. The zero-order chi connectivity index (χ0) is 7.11.